The van der Waals surface area contributed by atoms with Gasteiger partial charge in [0.2, 0.25) is 5.91 Å². The second-order valence-electron chi connectivity index (χ2n) is 6.66. The fourth-order valence-corrected chi connectivity index (χ4v) is 3.27. The minimum atomic E-state index is -0.910. The number of carbonyl (C=O) groups excluding carboxylic acids is 3. The molecule has 0 aliphatic carbocycles. The summed E-state index contributed by atoms with van der Waals surface area (Å²) in [5.41, 5.74) is 1.87. The van der Waals surface area contributed by atoms with Gasteiger partial charge < -0.3 is 14.5 Å². The topological polar surface area (TPSA) is 66.9 Å². The number of para-hydroxylation sites is 1. The molecule has 1 atom stereocenters. The quantitative estimate of drug-likeness (QED) is 0.721. The summed E-state index contributed by atoms with van der Waals surface area (Å²) in [6.45, 7) is 4.62. The number of anilines is 2. The van der Waals surface area contributed by atoms with Gasteiger partial charge in [0, 0.05) is 30.9 Å². The Balaban J connectivity index is 1.64. The summed E-state index contributed by atoms with van der Waals surface area (Å²) in [6.07, 6.45) is 0.489. The monoisotopic (exact) mass is 380 g/mol. The van der Waals surface area contributed by atoms with Crippen molar-refractivity contribution in [1.29, 1.82) is 0 Å². The summed E-state index contributed by atoms with van der Waals surface area (Å²) in [5, 5.41) is 0. The largest absolute Gasteiger partial charge is 0.449 e. The Morgan fingerprint density at radius 3 is 2.36 bits per heavy atom. The van der Waals surface area contributed by atoms with Gasteiger partial charge in [0.05, 0.1) is 5.56 Å². The van der Waals surface area contributed by atoms with E-state index in [1.165, 1.54) is 0 Å². The first-order chi connectivity index (χ1) is 13.5. The van der Waals surface area contributed by atoms with Gasteiger partial charge >= 0.3 is 5.97 Å². The predicted octanol–water partition coefficient (Wildman–Crippen LogP) is 3.41. The Morgan fingerprint density at radius 1 is 1.11 bits per heavy atom. The van der Waals surface area contributed by atoms with E-state index in [0.29, 0.717) is 25.1 Å². The van der Waals surface area contributed by atoms with Crippen molar-refractivity contribution < 1.29 is 19.1 Å². The molecule has 2 aromatic rings. The molecular weight excluding hydrogens is 356 g/mol. The molecule has 0 saturated carbocycles. The van der Waals surface area contributed by atoms with Crippen LogP contribution in [0.1, 0.15) is 37.0 Å². The summed E-state index contributed by atoms with van der Waals surface area (Å²) in [5.74, 6) is -0.749. The first kappa shape index (κ1) is 19.6. The van der Waals surface area contributed by atoms with Gasteiger partial charge in [-0.1, -0.05) is 18.2 Å². The first-order valence-corrected chi connectivity index (χ1v) is 9.49. The molecule has 0 N–H and O–H groups in total. The molecule has 1 fully saturated rings. The normalized spacial score (nSPS) is 14.6. The Labute approximate surface area is 164 Å². The van der Waals surface area contributed by atoms with Gasteiger partial charge in [-0.15, -0.1) is 0 Å². The molecule has 1 aliphatic rings. The fourth-order valence-electron chi connectivity index (χ4n) is 3.27. The van der Waals surface area contributed by atoms with E-state index in [9.17, 15) is 14.4 Å². The van der Waals surface area contributed by atoms with Crippen molar-refractivity contribution in [2.45, 2.75) is 32.8 Å². The molecule has 0 radical (unpaired) electrons. The molecule has 28 heavy (non-hydrogen) atoms. The van der Waals surface area contributed by atoms with E-state index in [2.05, 4.69) is 0 Å². The minimum Gasteiger partial charge on any atom is -0.449 e. The molecule has 6 heteroatoms. The Hall–Kier alpha value is -3.15. The standard InChI is InChI=1S/C22H24N2O4/c1-3-23(18-8-5-4-6-9-18)21(26)16(2)28-22(27)17-11-13-19(14-12-17)24-15-7-10-20(24)25/h4-6,8-9,11-14,16H,3,7,10,15H2,1-2H3/t16-/m1/s1. The van der Waals surface area contributed by atoms with Crippen LogP contribution in [0.15, 0.2) is 54.6 Å². The first-order valence-electron chi connectivity index (χ1n) is 9.49. The average molecular weight is 380 g/mol. The van der Waals surface area contributed by atoms with Crippen LogP contribution in [-0.4, -0.2) is 37.0 Å². The second kappa shape index (κ2) is 8.69. The molecule has 2 aromatic carbocycles. The third-order valence-corrected chi connectivity index (χ3v) is 4.77. The smallest absolute Gasteiger partial charge is 0.338 e. The van der Waals surface area contributed by atoms with Crippen LogP contribution < -0.4 is 9.80 Å². The Kier molecular flexibility index (Phi) is 6.09. The van der Waals surface area contributed by atoms with Gasteiger partial charge in [-0.25, -0.2) is 4.79 Å². The number of hydrogen-bond acceptors (Lipinski definition) is 4. The summed E-state index contributed by atoms with van der Waals surface area (Å²) in [6, 6.07) is 16.0. The van der Waals surface area contributed by atoms with Gasteiger partial charge in [-0.2, -0.15) is 0 Å². The molecule has 0 bridgehead atoms. The average Bonchev–Trinajstić information content (AvgIpc) is 3.15. The summed E-state index contributed by atoms with van der Waals surface area (Å²) < 4.78 is 5.38. The van der Waals surface area contributed by atoms with Crippen molar-refractivity contribution in [3.8, 4) is 0 Å². The van der Waals surface area contributed by atoms with Gasteiger partial charge in [0.1, 0.15) is 0 Å². The zero-order valence-electron chi connectivity index (χ0n) is 16.1. The molecule has 1 heterocycles. The highest BCUT2D eigenvalue weighted by molar-refractivity contribution is 5.99. The molecule has 146 valence electrons. The van der Waals surface area contributed by atoms with Crippen molar-refractivity contribution in [2.24, 2.45) is 0 Å². The van der Waals surface area contributed by atoms with Crippen LogP contribution in [0.5, 0.6) is 0 Å². The fraction of sp³-hybridized carbons (Fsp3) is 0.318. The van der Waals surface area contributed by atoms with Crippen LogP contribution in [0, 0.1) is 0 Å². The van der Waals surface area contributed by atoms with E-state index in [4.69, 9.17) is 4.74 Å². The van der Waals surface area contributed by atoms with Gasteiger partial charge in [-0.05, 0) is 56.7 Å². The van der Waals surface area contributed by atoms with Crippen molar-refractivity contribution >= 4 is 29.2 Å². The van der Waals surface area contributed by atoms with Gasteiger partial charge in [-0.3, -0.25) is 9.59 Å². The molecular formula is C22H24N2O4. The summed E-state index contributed by atoms with van der Waals surface area (Å²) in [7, 11) is 0. The number of nitrogens with zero attached hydrogens (tertiary/aromatic N) is 2. The van der Waals surface area contributed by atoms with Crippen LogP contribution in [0.25, 0.3) is 0 Å². The van der Waals surface area contributed by atoms with Crippen LogP contribution in [-0.2, 0) is 14.3 Å². The van der Waals surface area contributed by atoms with Crippen molar-refractivity contribution in [1.82, 2.24) is 0 Å². The Morgan fingerprint density at radius 2 is 1.79 bits per heavy atom. The highest BCUT2D eigenvalue weighted by atomic mass is 16.5. The van der Waals surface area contributed by atoms with Crippen LogP contribution in [0.2, 0.25) is 0 Å². The van der Waals surface area contributed by atoms with E-state index >= 15 is 0 Å². The van der Waals surface area contributed by atoms with Crippen LogP contribution in [0.3, 0.4) is 0 Å². The number of amides is 2. The third kappa shape index (κ3) is 4.22. The maximum atomic E-state index is 12.7. The number of rotatable bonds is 6. The lowest BCUT2D eigenvalue weighted by molar-refractivity contribution is -0.126. The van der Waals surface area contributed by atoms with Crippen molar-refractivity contribution in [2.75, 3.05) is 22.9 Å². The Bertz CT molecular complexity index is 849. The number of hydrogen-bond donors (Lipinski definition) is 0. The van der Waals surface area contributed by atoms with E-state index < -0.39 is 12.1 Å². The van der Waals surface area contributed by atoms with Crippen LogP contribution >= 0.6 is 0 Å². The van der Waals surface area contributed by atoms with Crippen LogP contribution in [0.4, 0.5) is 11.4 Å². The number of carbonyl (C=O) groups is 3. The summed E-state index contributed by atoms with van der Waals surface area (Å²) in [4.78, 5) is 40.2. The van der Waals surface area contributed by atoms with E-state index in [1.54, 1.807) is 41.0 Å². The van der Waals surface area contributed by atoms with Gasteiger partial charge in [0.25, 0.3) is 5.91 Å². The lowest BCUT2D eigenvalue weighted by Crippen LogP contribution is -2.40. The van der Waals surface area contributed by atoms with Crippen molar-refractivity contribution in [3.05, 3.63) is 60.2 Å². The molecule has 1 aliphatic heterocycles. The maximum Gasteiger partial charge on any atom is 0.338 e. The molecule has 3 rings (SSSR count). The van der Waals surface area contributed by atoms with E-state index in [1.807, 2.05) is 37.3 Å². The van der Waals surface area contributed by atoms with E-state index in [-0.39, 0.29) is 11.8 Å². The summed E-state index contributed by atoms with van der Waals surface area (Å²) >= 11 is 0. The lowest BCUT2D eigenvalue weighted by atomic mass is 10.2. The number of ether oxygens (including phenoxy) is 1. The molecule has 1 saturated heterocycles. The lowest BCUT2D eigenvalue weighted by Gasteiger charge is -2.24. The maximum absolute atomic E-state index is 12.7. The molecule has 0 aromatic heterocycles. The highest BCUT2D eigenvalue weighted by Gasteiger charge is 2.25. The molecule has 6 nitrogen and oxygen atoms in total. The van der Waals surface area contributed by atoms with Crippen molar-refractivity contribution in [3.63, 3.8) is 0 Å². The SMILES string of the molecule is CCN(C(=O)[C@@H](C)OC(=O)c1ccc(N2CCCC2=O)cc1)c1ccccc1. The number of likely N-dealkylation sites (N-methyl/N-ethyl adjacent to an activating group) is 1. The molecule has 2 amide bonds. The van der Waals surface area contributed by atoms with Gasteiger partial charge in [0.15, 0.2) is 6.10 Å². The predicted molar refractivity (Wildman–Crippen MR) is 107 cm³/mol. The second-order valence-corrected chi connectivity index (χ2v) is 6.66. The zero-order chi connectivity index (χ0) is 20.1. The zero-order valence-corrected chi connectivity index (χ0v) is 16.1. The van der Waals surface area contributed by atoms with E-state index in [0.717, 1.165) is 17.8 Å². The number of benzene rings is 2. The molecule has 0 spiro atoms. The minimum absolute atomic E-state index is 0.0927. The molecule has 0 unspecified atom stereocenters. The highest BCUT2D eigenvalue weighted by Crippen LogP contribution is 2.22. The number of esters is 1. The third-order valence-electron chi connectivity index (χ3n) is 4.77.